The van der Waals surface area contributed by atoms with Crippen LogP contribution >= 0.6 is 27.5 Å². The number of phenols is 1. The van der Waals surface area contributed by atoms with Gasteiger partial charge in [-0.05, 0) is 28.1 Å². The number of halogens is 2. The molecular weight excluding hydrogens is 253 g/mol. The van der Waals surface area contributed by atoms with Crippen molar-refractivity contribution < 1.29 is 5.11 Å². The molecule has 13 heavy (non-hydrogen) atoms. The summed E-state index contributed by atoms with van der Waals surface area (Å²) in [7, 11) is 0. The monoisotopic (exact) mass is 261 g/mol. The van der Waals surface area contributed by atoms with Crippen molar-refractivity contribution in [2.24, 2.45) is 5.73 Å². The minimum Gasteiger partial charge on any atom is -0.506 e. The van der Waals surface area contributed by atoms with E-state index in [1.165, 1.54) is 6.08 Å². The number of phenolic OH excluding ortho intramolecular Hbond substituents is 1. The lowest BCUT2D eigenvalue weighted by molar-refractivity contribution is 0.462. The van der Waals surface area contributed by atoms with Gasteiger partial charge in [0.05, 0.1) is 10.5 Å². The summed E-state index contributed by atoms with van der Waals surface area (Å²) in [6.07, 6.45) is 1.54. The SMILES string of the molecule is C=C[C@H](N)c1cc(Cl)cc(Br)c1O. The smallest absolute Gasteiger partial charge is 0.134 e. The Kier molecular flexibility index (Phi) is 3.36. The van der Waals surface area contributed by atoms with Gasteiger partial charge in [0.1, 0.15) is 5.75 Å². The summed E-state index contributed by atoms with van der Waals surface area (Å²) in [5.74, 6) is 0.108. The number of hydrogen-bond acceptors (Lipinski definition) is 2. The van der Waals surface area contributed by atoms with Crippen molar-refractivity contribution in [3.8, 4) is 5.75 Å². The van der Waals surface area contributed by atoms with E-state index in [1.54, 1.807) is 12.1 Å². The van der Waals surface area contributed by atoms with Gasteiger partial charge >= 0.3 is 0 Å². The van der Waals surface area contributed by atoms with Crippen molar-refractivity contribution in [1.29, 1.82) is 0 Å². The van der Waals surface area contributed by atoms with Gasteiger partial charge in [0.25, 0.3) is 0 Å². The molecule has 1 aromatic carbocycles. The van der Waals surface area contributed by atoms with Gasteiger partial charge in [-0.2, -0.15) is 0 Å². The molecule has 1 rings (SSSR count). The second-order valence-electron chi connectivity index (χ2n) is 2.59. The van der Waals surface area contributed by atoms with Crippen LogP contribution in [-0.4, -0.2) is 5.11 Å². The highest BCUT2D eigenvalue weighted by molar-refractivity contribution is 9.10. The van der Waals surface area contributed by atoms with Gasteiger partial charge in [-0.15, -0.1) is 6.58 Å². The van der Waals surface area contributed by atoms with Gasteiger partial charge < -0.3 is 10.8 Å². The highest BCUT2D eigenvalue weighted by atomic mass is 79.9. The highest BCUT2D eigenvalue weighted by Gasteiger charge is 2.11. The van der Waals surface area contributed by atoms with E-state index < -0.39 is 6.04 Å². The first-order valence-electron chi connectivity index (χ1n) is 3.62. The van der Waals surface area contributed by atoms with E-state index in [-0.39, 0.29) is 5.75 Å². The first kappa shape index (κ1) is 10.6. The number of hydrogen-bond donors (Lipinski definition) is 2. The number of aromatic hydroxyl groups is 1. The molecular formula is C9H9BrClNO. The fourth-order valence-corrected chi connectivity index (χ4v) is 1.80. The van der Waals surface area contributed by atoms with E-state index in [0.29, 0.717) is 15.1 Å². The van der Waals surface area contributed by atoms with E-state index in [2.05, 4.69) is 22.5 Å². The molecule has 0 bridgehead atoms. The quantitative estimate of drug-likeness (QED) is 0.805. The normalized spacial score (nSPS) is 12.5. The Morgan fingerprint density at radius 1 is 1.62 bits per heavy atom. The Balaban J connectivity index is 3.27. The third-order valence-corrected chi connectivity index (χ3v) is 2.49. The van der Waals surface area contributed by atoms with Crippen molar-refractivity contribution in [3.05, 3.63) is 39.8 Å². The van der Waals surface area contributed by atoms with Gasteiger partial charge in [-0.1, -0.05) is 17.7 Å². The fraction of sp³-hybridized carbons (Fsp3) is 0.111. The van der Waals surface area contributed by atoms with Gasteiger partial charge in [-0.25, -0.2) is 0 Å². The first-order chi connectivity index (χ1) is 6.06. The van der Waals surface area contributed by atoms with Crippen molar-refractivity contribution in [1.82, 2.24) is 0 Å². The molecule has 0 aliphatic carbocycles. The van der Waals surface area contributed by atoms with Crippen LogP contribution in [0.3, 0.4) is 0 Å². The Morgan fingerprint density at radius 3 is 2.77 bits per heavy atom. The summed E-state index contributed by atoms with van der Waals surface area (Å²) in [4.78, 5) is 0. The largest absolute Gasteiger partial charge is 0.506 e. The Morgan fingerprint density at radius 2 is 2.23 bits per heavy atom. The summed E-state index contributed by atoms with van der Waals surface area (Å²) in [5, 5.41) is 10.1. The van der Waals surface area contributed by atoms with E-state index in [0.717, 1.165) is 0 Å². The zero-order valence-electron chi connectivity index (χ0n) is 6.80. The minimum absolute atomic E-state index is 0.108. The number of rotatable bonds is 2. The molecule has 0 radical (unpaired) electrons. The molecule has 4 heteroatoms. The van der Waals surface area contributed by atoms with Crippen LogP contribution in [0.2, 0.25) is 5.02 Å². The maximum absolute atomic E-state index is 9.59. The lowest BCUT2D eigenvalue weighted by atomic mass is 10.1. The molecule has 0 aromatic heterocycles. The molecule has 0 heterocycles. The lowest BCUT2D eigenvalue weighted by Crippen LogP contribution is -2.06. The molecule has 2 nitrogen and oxygen atoms in total. The topological polar surface area (TPSA) is 46.2 Å². The predicted octanol–water partition coefficient (Wildman–Crippen LogP) is 2.99. The van der Waals surface area contributed by atoms with E-state index in [4.69, 9.17) is 17.3 Å². The standard InChI is InChI=1S/C9H9BrClNO/c1-2-8(12)6-3-5(11)4-7(10)9(6)13/h2-4,8,13H,1,12H2/t8-/m0/s1. The maximum atomic E-state index is 9.59. The summed E-state index contributed by atoms with van der Waals surface area (Å²) in [6.45, 7) is 3.54. The molecule has 0 spiro atoms. The second-order valence-corrected chi connectivity index (χ2v) is 3.88. The number of benzene rings is 1. The molecule has 1 aromatic rings. The van der Waals surface area contributed by atoms with Crippen LogP contribution in [-0.2, 0) is 0 Å². The van der Waals surface area contributed by atoms with Crippen LogP contribution in [0.25, 0.3) is 0 Å². The van der Waals surface area contributed by atoms with Crippen LogP contribution in [0.5, 0.6) is 5.75 Å². The summed E-state index contributed by atoms with van der Waals surface area (Å²) < 4.78 is 0.535. The van der Waals surface area contributed by atoms with E-state index in [1.807, 2.05) is 0 Å². The third-order valence-electron chi connectivity index (χ3n) is 1.67. The molecule has 0 aliphatic heterocycles. The molecule has 0 aliphatic rings. The van der Waals surface area contributed by atoms with Crippen LogP contribution in [0, 0.1) is 0 Å². The molecule has 0 saturated carbocycles. The molecule has 0 amide bonds. The van der Waals surface area contributed by atoms with Crippen molar-refractivity contribution in [3.63, 3.8) is 0 Å². The summed E-state index contributed by atoms with van der Waals surface area (Å²) in [6, 6.07) is 2.82. The maximum Gasteiger partial charge on any atom is 0.134 e. The van der Waals surface area contributed by atoms with E-state index in [9.17, 15) is 5.11 Å². The minimum atomic E-state index is -0.407. The van der Waals surface area contributed by atoms with Crippen LogP contribution < -0.4 is 5.73 Å². The van der Waals surface area contributed by atoms with Gasteiger partial charge in [0, 0.05) is 10.6 Å². The van der Waals surface area contributed by atoms with Gasteiger partial charge in [-0.3, -0.25) is 0 Å². The average molecular weight is 263 g/mol. The van der Waals surface area contributed by atoms with Gasteiger partial charge in [0.2, 0.25) is 0 Å². The number of nitrogens with two attached hydrogens (primary N) is 1. The first-order valence-corrected chi connectivity index (χ1v) is 4.79. The summed E-state index contributed by atoms with van der Waals surface area (Å²) >= 11 is 8.96. The lowest BCUT2D eigenvalue weighted by Gasteiger charge is -2.10. The second kappa shape index (κ2) is 4.13. The van der Waals surface area contributed by atoms with E-state index >= 15 is 0 Å². The molecule has 1 atom stereocenters. The Labute approximate surface area is 90.1 Å². The molecule has 0 unspecified atom stereocenters. The van der Waals surface area contributed by atoms with Crippen LogP contribution in [0.4, 0.5) is 0 Å². The zero-order valence-corrected chi connectivity index (χ0v) is 9.14. The molecule has 3 N–H and O–H groups in total. The average Bonchev–Trinajstić information content (AvgIpc) is 2.10. The van der Waals surface area contributed by atoms with Crippen LogP contribution in [0.1, 0.15) is 11.6 Å². The Bertz CT molecular complexity index is 341. The molecule has 0 saturated heterocycles. The third kappa shape index (κ3) is 2.24. The fourth-order valence-electron chi connectivity index (χ4n) is 0.967. The Hall–Kier alpha value is -0.510. The van der Waals surface area contributed by atoms with Crippen LogP contribution in [0.15, 0.2) is 29.3 Å². The summed E-state index contributed by atoms with van der Waals surface area (Å²) in [5.41, 5.74) is 6.24. The van der Waals surface area contributed by atoms with Crippen molar-refractivity contribution in [2.75, 3.05) is 0 Å². The van der Waals surface area contributed by atoms with Gasteiger partial charge in [0.15, 0.2) is 0 Å². The van der Waals surface area contributed by atoms with Crippen molar-refractivity contribution in [2.45, 2.75) is 6.04 Å². The predicted molar refractivity (Wildman–Crippen MR) is 57.9 cm³/mol. The molecule has 0 fully saturated rings. The zero-order chi connectivity index (χ0) is 10.0. The van der Waals surface area contributed by atoms with Crippen molar-refractivity contribution >= 4 is 27.5 Å². The molecule has 70 valence electrons. The highest BCUT2D eigenvalue weighted by Crippen LogP contribution is 2.34.